The molecule has 2 aromatic rings. The molecule has 1 aromatic carbocycles. The number of hydrogen-bond acceptors (Lipinski definition) is 2. The number of H-pyrrole nitrogens is 1. The van der Waals surface area contributed by atoms with Crippen molar-refractivity contribution >= 4 is 5.97 Å². The van der Waals surface area contributed by atoms with E-state index in [4.69, 9.17) is 5.11 Å². The zero-order valence-corrected chi connectivity index (χ0v) is 11.5. The van der Waals surface area contributed by atoms with Gasteiger partial charge in [0.05, 0.1) is 0 Å². The Kier molecular flexibility index (Phi) is 4.03. The van der Waals surface area contributed by atoms with Crippen molar-refractivity contribution in [1.82, 2.24) is 4.98 Å². The van der Waals surface area contributed by atoms with Crippen molar-refractivity contribution in [3.8, 4) is 11.3 Å². The minimum atomic E-state index is -1.22. The summed E-state index contributed by atoms with van der Waals surface area (Å²) in [6, 6.07) is 10.9. The fourth-order valence-corrected chi connectivity index (χ4v) is 2.04. The summed E-state index contributed by atoms with van der Waals surface area (Å²) >= 11 is 0. The van der Waals surface area contributed by atoms with Gasteiger partial charge in [-0.15, -0.1) is 0 Å². The molecule has 0 fully saturated rings. The zero-order chi connectivity index (χ0) is 14.7. The molecule has 1 aromatic heterocycles. The van der Waals surface area contributed by atoms with Crippen LogP contribution < -0.4 is 5.56 Å². The fraction of sp³-hybridized carbons (Fsp3) is 0.250. The van der Waals surface area contributed by atoms with Gasteiger partial charge in [-0.2, -0.15) is 0 Å². The lowest BCUT2D eigenvalue weighted by atomic mass is 9.97. The highest BCUT2D eigenvalue weighted by atomic mass is 16.4. The first-order chi connectivity index (χ1) is 9.52. The molecular formula is C16H17NO3. The van der Waals surface area contributed by atoms with Crippen LogP contribution in [-0.4, -0.2) is 16.1 Å². The van der Waals surface area contributed by atoms with Crippen LogP contribution in [0.1, 0.15) is 42.1 Å². The van der Waals surface area contributed by atoms with E-state index in [1.807, 2.05) is 24.3 Å². The lowest BCUT2D eigenvalue weighted by molar-refractivity contribution is 0.0695. The first kappa shape index (κ1) is 14.1. The van der Waals surface area contributed by atoms with Crippen LogP contribution in [0.4, 0.5) is 0 Å². The molecule has 0 aliphatic carbocycles. The van der Waals surface area contributed by atoms with Crippen LogP contribution in [0, 0.1) is 0 Å². The van der Waals surface area contributed by atoms with Gasteiger partial charge in [-0.1, -0.05) is 38.1 Å². The van der Waals surface area contributed by atoms with Gasteiger partial charge in [0.25, 0.3) is 5.56 Å². The highest BCUT2D eigenvalue weighted by molar-refractivity contribution is 5.87. The standard InChI is InChI=1S/C16H17NO3/c1-3-10(2)11-4-6-12(7-5-11)14-9-8-13(16(19)20)15(18)17-14/h4-10H,3H2,1-2H3,(H,17,18)(H,19,20). The van der Waals surface area contributed by atoms with Crippen molar-refractivity contribution in [1.29, 1.82) is 0 Å². The quantitative estimate of drug-likeness (QED) is 0.896. The first-order valence-electron chi connectivity index (χ1n) is 6.60. The number of hydrogen-bond donors (Lipinski definition) is 2. The maximum absolute atomic E-state index is 11.6. The number of carbonyl (C=O) groups is 1. The van der Waals surface area contributed by atoms with Crippen molar-refractivity contribution in [3.05, 3.63) is 57.9 Å². The van der Waals surface area contributed by atoms with Gasteiger partial charge in [-0.05, 0) is 35.6 Å². The summed E-state index contributed by atoms with van der Waals surface area (Å²) in [5.41, 5.74) is 1.91. The summed E-state index contributed by atoms with van der Waals surface area (Å²) in [7, 11) is 0. The van der Waals surface area contributed by atoms with Gasteiger partial charge in [0, 0.05) is 5.69 Å². The average molecular weight is 271 g/mol. The van der Waals surface area contributed by atoms with Crippen LogP contribution in [0.15, 0.2) is 41.2 Å². The molecule has 4 nitrogen and oxygen atoms in total. The largest absolute Gasteiger partial charge is 0.477 e. The average Bonchev–Trinajstić information content (AvgIpc) is 2.46. The Morgan fingerprint density at radius 2 is 1.85 bits per heavy atom. The van der Waals surface area contributed by atoms with Crippen molar-refractivity contribution in [3.63, 3.8) is 0 Å². The Morgan fingerprint density at radius 3 is 2.35 bits per heavy atom. The minimum absolute atomic E-state index is 0.245. The predicted molar refractivity (Wildman–Crippen MR) is 78.2 cm³/mol. The Hall–Kier alpha value is -2.36. The van der Waals surface area contributed by atoms with Gasteiger partial charge >= 0.3 is 5.97 Å². The predicted octanol–water partition coefficient (Wildman–Crippen LogP) is 3.25. The number of pyridine rings is 1. The molecule has 4 heteroatoms. The first-order valence-corrected chi connectivity index (χ1v) is 6.60. The van der Waals surface area contributed by atoms with E-state index in [1.54, 1.807) is 6.07 Å². The molecule has 1 atom stereocenters. The number of aromatic amines is 1. The summed E-state index contributed by atoms with van der Waals surface area (Å²) in [6.07, 6.45) is 1.07. The molecule has 0 bridgehead atoms. The molecule has 1 unspecified atom stereocenters. The third kappa shape index (κ3) is 2.79. The van der Waals surface area contributed by atoms with E-state index in [-0.39, 0.29) is 5.56 Å². The Balaban J connectivity index is 2.35. The molecule has 2 rings (SSSR count). The van der Waals surface area contributed by atoms with Crippen LogP contribution >= 0.6 is 0 Å². The van der Waals surface area contributed by atoms with Crippen LogP contribution in [-0.2, 0) is 0 Å². The Labute approximate surface area is 117 Å². The molecule has 0 spiro atoms. The zero-order valence-electron chi connectivity index (χ0n) is 11.5. The minimum Gasteiger partial charge on any atom is -0.477 e. The third-order valence-electron chi connectivity index (χ3n) is 3.54. The van der Waals surface area contributed by atoms with Crippen LogP contribution in [0.5, 0.6) is 0 Å². The monoisotopic (exact) mass is 271 g/mol. The van der Waals surface area contributed by atoms with Gasteiger partial charge < -0.3 is 10.1 Å². The summed E-state index contributed by atoms with van der Waals surface area (Å²) in [5, 5.41) is 8.83. The number of carboxylic acid groups (broad SMARTS) is 1. The smallest absolute Gasteiger partial charge is 0.341 e. The summed E-state index contributed by atoms with van der Waals surface area (Å²) in [5.74, 6) is -0.720. The lowest BCUT2D eigenvalue weighted by Gasteiger charge is -2.09. The topological polar surface area (TPSA) is 70.2 Å². The summed E-state index contributed by atoms with van der Waals surface area (Å²) in [4.78, 5) is 25.0. The van der Waals surface area contributed by atoms with Gasteiger partial charge in [0.15, 0.2) is 0 Å². The third-order valence-corrected chi connectivity index (χ3v) is 3.54. The van der Waals surface area contributed by atoms with Gasteiger partial charge in [0.1, 0.15) is 5.56 Å². The molecule has 0 saturated carbocycles. The maximum Gasteiger partial charge on any atom is 0.341 e. The lowest BCUT2D eigenvalue weighted by Crippen LogP contribution is -2.17. The Morgan fingerprint density at radius 1 is 1.20 bits per heavy atom. The molecule has 0 radical (unpaired) electrons. The van der Waals surface area contributed by atoms with E-state index in [0.29, 0.717) is 11.6 Å². The van der Waals surface area contributed by atoms with Crippen molar-refractivity contribution in [2.24, 2.45) is 0 Å². The SMILES string of the molecule is CCC(C)c1ccc(-c2ccc(C(=O)O)c(=O)[nH]2)cc1. The van der Waals surface area contributed by atoms with E-state index in [2.05, 4.69) is 18.8 Å². The Bertz CT molecular complexity index is 671. The number of benzene rings is 1. The second-order valence-electron chi connectivity index (χ2n) is 4.85. The molecular weight excluding hydrogens is 254 g/mol. The highest BCUT2D eigenvalue weighted by Gasteiger charge is 2.09. The number of rotatable bonds is 4. The van der Waals surface area contributed by atoms with E-state index >= 15 is 0 Å². The number of nitrogens with one attached hydrogen (secondary N) is 1. The van der Waals surface area contributed by atoms with Gasteiger partial charge in [0.2, 0.25) is 0 Å². The van der Waals surface area contributed by atoms with Crippen LogP contribution in [0.2, 0.25) is 0 Å². The van der Waals surface area contributed by atoms with E-state index < -0.39 is 11.5 Å². The second-order valence-corrected chi connectivity index (χ2v) is 4.85. The molecule has 104 valence electrons. The van der Waals surface area contributed by atoms with Gasteiger partial charge in [-0.3, -0.25) is 4.79 Å². The molecule has 0 saturated heterocycles. The van der Waals surface area contributed by atoms with Crippen LogP contribution in [0.25, 0.3) is 11.3 Å². The molecule has 0 aliphatic heterocycles. The van der Waals surface area contributed by atoms with Gasteiger partial charge in [-0.25, -0.2) is 4.79 Å². The number of carboxylic acids is 1. The second kappa shape index (κ2) is 5.74. The molecule has 0 amide bonds. The van der Waals surface area contributed by atoms with Crippen molar-refractivity contribution in [2.45, 2.75) is 26.2 Å². The molecule has 20 heavy (non-hydrogen) atoms. The summed E-state index contributed by atoms with van der Waals surface area (Å²) in [6.45, 7) is 4.30. The highest BCUT2D eigenvalue weighted by Crippen LogP contribution is 2.22. The fourth-order valence-electron chi connectivity index (χ4n) is 2.04. The van der Waals surface area contributed by atoms with E-state index in [0.717, 1.165) is 12.0 Å². The van der Waals surface area contributed by atoms with E-state index in [9.17, 15) is 9.59 Å². The van der Waals surface area contributed by atoms with Crippen molar-refractivity contribution < 1.29 is 9.90 Å². The molecule has 2 N–H and O–H groups in total. The normalized spacial score (nSPS) is 12.1. The van der Waals surface area contributed by atoms with Crippen LogP contribution in [0.3, 0.4) is 0 Å². The molecule has 0 aliphatic rings. The van der Waals surface area contributed by atoms with Crippen molar-refractivity contribution in [2.75, 3.05) is 0 Å². The maximum atomic E-state index is 11.6. The van der Waals surface area contributed by atoms with E-state index in [1.165, 1.54) is 11.6 Å². The number of aromatic nitrogens is 1. The summed E-state index contributed by atoms with van der Waals surface area (Å²) < 4.78 is 0. The molecule has 1 heterocycles. The number of aromatic carboxylic acids is 1.